The van der Waals surface area contributed by atoms with Crippen molar-refractivity contribution in [3.63, 3.8) is 0 Å². The predicted octanol–water partition coefficient (Wildman–Crippen LogP) is 1.10. The number of hydrogen-bond acceptors (Lipinski definition) is 3. The molecule has 1 aromatic rings. The van der Waals surface area contributed by atoms with Crippen LogP contribution in [-0.2, 0) is 6.42 Å². The molecule has 1 heterocycles. The molecule has 0 saturated carbocycles. The molecular weight excluding hydrogens is 180 g/mol. The van der Waals surface area contributed by atoms with Gasteiger partial charge in [-0.3, -0.25) is 0 Å². The topological polar surface area (TPSA) is 67.8 Å². The Morgan fingerprint density at radius 2 is 2.43 bits per heavy atom. The molecule has 1 aliphatic rings. The quantitative estimate of drug-likeness (QED) is 0.303. The molecule has 74 valence electrons. The molecule has 1 aliphatic heterocycles. The maximum absolute atomic E-state index is 8.59. The molecule has 0 radical (unpaired) electrons. The van der Waals surface area contributed by atoms with Crippen molar-refractivity contribution < 1.29 is 9.94 Å². The summed E-state index contributed by atoms with van der Waals surface area (Å²) in [6.07, 6.45) is 1.04. The zero-order valence-corrected chi connectivity index (χ0v) is 7.90. The molecule has 1 atom stereocenters. The Morgan fingerprint density at radius 3 is 3.14 bits per heavy atom. The van der Waals surface area contributed by atoms with Gasteiger partial charge in [-0.1, -0.05) is 17.3 Å². The molecule has 0 aromatic heterocycles. The Labute approximate surface area is 82.0 Å². The third kappa shape index (κ3) is 1.28. The van der Waals surface area contributed by atoms with E-state index in [2.05, 4.69) is 5.16 Å². The molecule has 0 fully saturated rings. The highest BCUT2D eigenvalue weighted by Gasteiger charge is 2.22. The molecule has 0 bridgehead atoms. The second kappa shape index (κ2) is 3.21. The van der Waals surface area contributed by atoms with Crippen LogP contribution >= 0.6 is 0 Å². The van der Waals surface area contributed by atoms with Crippen molar-refractivity contribution in [1.29, 1.82) is 0 Å². The van der Waals surface area contributed by atoms with Crippen LogP contribution in [0.25, 0.3) is 0 Å². The normalized spacial score (nSPS) is 20.4. The summed E-state index contributed by atoms with van der Waals surface area (Å²) in [5.74, 6) is 0.839. The van der Waals surface area contributed by atoms with E-state index in [0.29, 0.717) is 5.56 Å². The number of oxime groups is 1. The molecule has 14 heavy (non-hydrogen) atoms. The monoisotopic (exact) mass is 192 g/mol. The lowest BCUT2D eigenvalue weighted by Crippen LogP contribution is -2.15. The third-order valence-corrected chi connectivity index (χ3v) is 2.31. The van der Waals surface area contributed by atoms with Gasteiger partial charge in [0.15, 0.2) is 5.84 Å². The summed E-state index contributed by atoms with van der Waals surface area (Å²) in [7, 11) is 0. The summed E-state index contributed by atoms with van der Waals surface area (Å²) in [6.45, 7) is 2.00. The van der Waals surface area contributed by atoms with Crippen molar-refractivity contribution in [1.82, 2.24) is 0 Å². The van der Waals surface area contributed by atoms with E-state index in [-0.39, 0.29) is 11.9 Å². The highest BCUT2D eigenvalue weighted by atomic mass is 16.5. The molecular formula is C10H12N2O2. The molecule has 3 N–H and O–H groups in total. The maximum atomic E-state index is 8.59. The van der Waals surface area contributed by atoms with Gasteiger partial charge in [-0.05, 0) is 18.6 Å². The number of nitrogens with two attached hydrogens (primary N) is 1. The van der Waals surface area contributed by atoms with Crippen molar-refractivity contribution in [2.24, 2.45) is 10.9 Å². The van der Waals surface area contributed by atoms with E-state index >= 15 is 0 Å². The van der Waals surface area contributed by atoms with Crippen LogP contribution in [0, 0.1) is 0 Å². The zero-order valence-electron chi connectivity index (χ0n) is 7.90. The fourth-order valence-corrected chi connectivity index (χ4v) is 1.69. The Hall–Kier alpha value is -1.71. The van der Waals surface area contributed by atoms with Gasteiger partial charge in [0.05, 0.1) is 5.56 Å². The average Bonchev–Trinajstić information content (AvgIpc) is 2.56. The van der Waals surface area contributed by atoms with Crippen molar-refractivity contribution in [2.45, 2.75) is 19.4 Å². The van der Waals surface area contributed by atoms with Gasteiger partial charge in [-0.2, -0.15) is 0 Å². The second-order valence-corrected chi connectivity index (χ2v) is 3.41. The summed E-state index contributed by atoms with van der Waals surface area (Å²) in [5.41, 5.74) is 7.31. The number of nitrogens with zero attached hydrogens (tertiary/aromatic N) is 1. The van der Waals surface area contributed by atoms with Gasteiger partial charge in [0, 0.05) is 6.42 Å². The largest absolute Gasteiger partial charge is 0.489 e. The van der Waals surface area contributed by atoms with E-state index in [1.165, 1.54) is 0 Å². The van der Waals surface area contributed by atoms with E-state index in [1.54, 1.807) is 6.07 Å². The lowest BCUT2D eigenvalue weighted by molar-refractivity contribution is 0.254. The van der Waals surface area contributed by atoms with Crippen LogP contribution < -0.4 is 10.5 Å². The van der Waals surface area contributed by atoms with Gasteiger partial charge in [0.1, 0.15) is 11.9 Å². The predicted molar refractivity (Wildman–Crippen MR) is 52.7 cm³/mol. The van der Waals surface area contributed by atoms with E-state index in [4.69, 9.17) is 15.7 Å². The number of amidine groups is 1. The minimum absolute atomic E-state index is 0.0935. The lowest BCUT2D eigenvalue weighted by atomic mass is 10.1. The van der Waals surface area contributed by atoms with Crippen LogP contribution in [0.2, 0.25) is 0 Å². The second-order valence-electron chi connectivity index (χ2n) is 3.41. The molecule has 0 amide bonds. The molecule has 4 heteroatoms. The molecule has 1 unspecified atom stereocenters. The molecule has 4 nitrogen and oxygen atoms in total. The summed E-state index contributed by atoms with van der Waals surface area (Å²) in [4.78, 5) is 0. The fourth-order valence-electron chi connectivity index (χ4n) is 1.69. The van der Waals surface area contributed by atoms with Crippen LogP contribution in [0.4, 0.5) is 0 Å². The lowest BCUT2D eigenvalue weighted by Gasteiger charge is -2.07. The van der Waals surface area contributed by atoms with Crippen molar-refractivity contribution in [3.05, 3.63) is 29.3 Å². The molecule has 0 spiro atoms. The number of fused-ring (bicyclic) bond motifs is 1. The first-order valence-electron chi connectivity index (χ1n) is 4.49. The Kier molecular flexibility index (Phi) is 2.04. The molecule has 2 rings (SSSR count). The first-order chi connectivity index (χ1) is 6.72. The van der Waals surface area contributed by atoms with Crippen LogP contribution in [0.1, 0.15) is 18.1 Å². The highest BCUT2D eigenvalue weighted by molar-refractivity contribution is 6.00. The molecule has 0 saturated heterocycles. The van der Waals surface area contributed by atoms with Crippen molar-refractivity contribution in [2.75, 3.05) is 0 Å². The van der Waals surface area contributed by atoms with Gasteiger partial charge in [0.25, 0.3) is 0 Å². The summed E-state index contributed by atoms with van der Waals surface area (Å²) < 4.78 is 5.59. The van der Waals surface area contributed by atoms with Crippen LogP contribution in [-0.4, -0.2) is 17.1 Å². The number of benzene rings is 1. The van der Waals surface area contributed by atoms with Crippen LogP contribution in [0.5, 0.6) is 5.75 Å². The van der Waals surface area contributed by atoms with Crippen LogP contribution in [0.15, 0.2) is 23.4 Å². The Bertz CT molecular complexity index is 388. The molecule has 0 aliphatic carbocycles. The summed E-state index contributed by atoms with van der Waals surface area (Å²) in [5, 5.41) is 11.6. The van der Waals surface area contributed by atoms with Gasteiger partial charge in [-0.25, -0.2) is 0 Å². The third-order valence-electron chi connectivity index (χ3n) is 2.31. The van der Waals surface area contributed by atoms with E-state index in [1.807, 2.05) is 19.1 Å². The fraction of sp³-hybridized carbons (Fsp3) is 0.300. The average molecular weight is 192 g/mol. The summed E-state index contributed by atoms with van der Waals surface area (Å²) >= 11 is 0. The van der Waals surface area contributed by atoms with Gasteiger partial charge < -0.3 is 15.7 Å². The Balaban J connectivity index is 2.50. The van der Waals surface area contributed by atoms with Gasteiger partial charge >= 0.3 is 0 Å². The minimum Gasteiger partial charge on any atom is -0.489 e. The minimum atomic E-state index is 0.0935. The number of para-hydroxylation sites is 1. The zero-order chi connectivity index (χ0) is 10.1. The highest BCUT2D eigenvalue weighted by Crippen LogP contribution is 2.32. The van der Waals surface area contributed by atoms with E-state index in [9.17, 15) is 0 Å². The SMILES string of the molecule is CC1Cc2cccc(/C(N)=N\O)c2O1. The van der Waals surface area contributed by atoms with Gasteiger partial charge in [0.2, 0.25) is 0 Å². The smallest absolute Gasteiger partial charge is 0.173 e. The van der Waals surface area contributed by atoms with Crippen molar-refractivity contribution in [3.8, 4) is 5.75 Å². The number of rotatable bonds is 1. The summed E-state index contributed by atoms with van der Waals surface area (Å²) in [6, 6.07) is 5.66. The van der Waals surface area contributed by atoms with E-state index in [0.717, 1.165) is 17.7 Å². The Morgan fingerprint density at radius 1 is 1.64 bits per heavy atom. The van der Waals surface area contributed by atoms with Crippen LogP contribution in [0.3, 0.4) is 0 Å². The van der Waals surface area contributed by atoms with E-state index < -0.39 is 0 Å². The first kappa shape index (κ1) is 8.87. The molecule has 1 aromatic carbocycles. The van der Waals surface area contributed by atoms with Gasteiger partial charge in [-0.15, -0.1) is 0 Å². The number of hydrogen-bond donors (Lipinski definition) is 2. The number of ether oxygens (including phenoxy) is 1. The first-order valence-corrected chi connectivity index (χ1v) is 4.49. The maximum Gasteiger partial charge on any atom is 0.173 e. The standard InChI is InChI=1S/C10H12N2O2/c1-6-5-7-3-2-4-8(9(7)14-6)10(11)12-13/h2-4,6,13H,5H2,1H3,(H2,11,12). The van der Waals surface area contributed by atoms with Crippen molar-refractivity contribution >= 4 is 5.84 Å².